The topological polar surface area (TPSA) is 140 Å². The summed E-state index contributed by atoms with van der Waals surface area (Å²) >= 11 is 11.0. The van der Waals surface area contributed by atoms with Crippen LogP contribution in [0.4, 0.5) is 0 Å². The molecule has 0 aromatic heterocycles. The minimum Gasteiger partial charge on any atom is -0.284 e. The van der Waals surface area contributed by atoms with Crippen LogP contribution in [-0.4, -0.2) is 43.0 Å². The first-order chi connectivity index (χ1) is 20.3. The first-order valence-corrected chi connectivity index (χ1v) is 17.2. The molecule has 0 spiro atoms. The predicted octanol–water partition coefficient (Wildman–Crippen LogP) is 7.33. The van der Waals surface area contributed by atoms with E-state index in [1.165, 1.54) is 0 Å². The summed E-state index contributed by atoms with van der Waals surface area (Å²) in [6.45, 7) is 5.37. The van der Waals surface area contributed by atoms with Gasteiger partial charge in [-0.05, 0) is 33.4 Å². The van der Waals surface area contributed by atoms with Gasteiger partial charge in [-0.2, -0.15) is 12.6 Å². The van der Waals surface area contributed by atoms with Gasteiger partial charge in [0.2, 0.25) is 0 Å². The number of halogens is 3. The van der Waals surface area contributed by atoms with Crippen LogP contribution < -0.4 is 0 Å². The minimum atomic E-state index is -2.49. The summed E-state index contributed by atoms with van der Waals surface area (Å²) in [7, 11) is 0. The van der Waals surface area contributed by atoms with Crippen molar-refractivity contribution in [3.63, 3.8) is 0 Å². The molecular weight excluding hydrogens is 683 g/mol. The fourth-order valence-corrected chi connectivity index (χ4v) is 6.46. The van der Waals surface area contributed by atoms with Crippen molar-refractivity contribution in [2.75, 3.05) is 0 Å². The van der Waals surface area contributed by atoms with Crippen molar-refractivity contribution in [2.45, 2.75) is 61.1 Å². The Kier molecular flexibility index (Phi) is 14.2. The Labute approximate surface area is 273 Å². The van der Waals surface area contributed by atoms with Gasteiger partial charge in [-0.15, -0.1) is 0 Å². The lowest BCUT2D eigenvalue weighted by atomic mass is 9.83. The van der Waals surface area contributed by atoms with Gasteiger partial charge in [-0.1, -0.05) is 128 Å². The van der Waals surface area contributed by atoms with Gasteiger partial charge < -0.3 is 0 Å². The molecule has 0 fully saturated rings. The van der Waals surface area contributed by atoms with Crippen molar-refractivity contribution in [2.24, 2.45) is 0 Å². The van der Waals surface area contributed by atoms with E-state index in [2.05, 4.69) is 0 Å². The van der Waals surface area contributed by atoms with Crippen LogP contribution in [0.25, 0.3) is 0 Å². The fraction of sp³-hybridized carbons (Fsp3) is 0.357. The van der Waals surface area contributed by atoms with Crippen LogP contribution in [0.1, 0.15) is 77.8 Å². The van der Waals surface area contributed by atoms with Crippen LogP contribution in [0.5, 0.6) is 0 Å². The Bertz CT molecular complexity index is 1230. The van der Waals surface area contributed by atoms with E-state index in [1.807, 2.05) is 72.8 Å². The van der Waals surface area contributed by atoms with Gasteiger partial charge in [-0.25, -0.2) is 12.5 Å². The second kappa shape index (κ2) is 16.9. The SMILES string of the molecule is CC(c1ccc(C(c2ccc(C(C)C(Cl)OS(=O)O)cc2)c2ccc(C(C)C(Cl)OS(=O)O)cc2)cc1)C(Cl)OS(=O)O. The molecule has 15 heteroatoms. The van der Waals surface area contributed by atoms with E-state index in [0.717, 1.165) is 33.4 Å². The number of rotatable bonds is 15. The summed E-state index contributed by atoms with van der Waals surface area (Å²) in [5, 5.41) is 0. The van der Waals surface area contributed by atoms with Gasteiger partial charge in [-0.3, -0.25) is 13.7 Å². The van der Waals surface area contributed by atoms with Crippen molar-refractivity contribution in [3.8, 4) is 0 Å². The molecule has 0 saturated carbocycles. The molecule has 3 aromatic carbocycles. The van der Waals surface area contributed by atoms with Crippen LogP contribution in [0.15, 0.2) is 72.8 Å². The maximum absolute atomic E-state index is 11.0. The van der Waals surface area contributed by atoms with Gasteiger partial charge in [0, 0.05) is 23.7 Å². The smallest absolute Gasteiger partial charge is 0.284 e. The summed E-state index contributed by atoms with van der Waals surface area (Å²) in [4.78, 5) is 0. The Balaban J connectivity index is 1.97. The van der Waals surface area contributed by atoms with E-state index in [4.69, 9.17) is 61.0 Å². The molecule has 3 aromatic rings. The normalized spacial score (nSPS) is 18.9. The minimum absolute atomic E-state index is 0.230. The van der Waals surface area contributed by atoms with E-state index in [1.54, 1.807) is 20.8 Å². The fourth-order valence-electron chi connectivity index (χ4n) is 4.49. The van der Waals surface area contributed by atoms with Crippen LogP contribution in [0.2, 0.25) is 0 Å². The highest BCUT2D eigenvalue weighted by atomic mass is 35.5. The second-order valence-corrected chi connectivity index (χ2v) is 13.0. The van der Waals surface area contributed by atoms with Gasteiger partial charge in [0.15, 0.2) is 16.7 Å². The van der Waals surface area contributed by atoms with Crippen molar-refractivity contribution in [1.82, 2.24) is 0 Å². The standard InChI is InChI=1S/C28H31Cl3O9S3/c1-16(26(29)38-41(32)33)19-4-10-22(11-5-19)25(23-12-6-20(7-13-23)17(2)27(30)39-42(34)35)24-14-8-21(9-15-24)18(3)28(31)40-43(36)37/h4-18,25-28H,1-3H3,(H,32,33)(H,34,35)(H,36,37). The molecule has 0 aliphatic heterocycles. The van der Waals surface area contributed by atoms with Crippen molar-refractivity contribution in [1.29, 1.82) is 0 Å². The van der Waals surface area contributed by atoms with E-state index in [0.29, 0.717) is 0 Å². The molecule has 3 rings (SSSR count). The molecule has 9 atom stereocenters. The quantitative estimate of drug-likeness (QED) is 0.0839. The zero-order chi connectivity index (χ0) is 31.8. The molecule has 9 unspecified atom stereocenters. The summed E-state index contributed by atoms with van der Waals surface area (Å²) in [6, 6.07) is 23.0. The zero-order valence-corrected chi connectivity index (χ0v) is 27.8. The molecule has 0 bridgehead atoms. The average molecular weight is 714 g/mol. The highest BCUT2D eigenvalue weighted by molar-refractivity contribution is 7.74. The van der Waals surface area contributed by atoms with E-state index in [-0.39, 0.29) is 23.7 Å². The lowest BCUT2D eigenvalue weighted by molar-refractivity contribution is 0.252. The molecule has 0 heterocycles. The summed E-state index contributed by atoms with van der Waals surface area (Å²) in [5.41, 5.74) is 2.24. The monoisotopic (exact) mass is 712 g/mol. The Hall–Kier alpha value is -1.26. The second-order valence-electron chi connectivity index (χ2n) is 9.79. The lowest BCUT2D eigenvalue weighted by Gasteiger charge is -2.23. The van der Waals surface area contributed by atoms with Crippen LogP contribution in [0, 0.1) is 0 Å². The molecule has 0 saturated heterocycles. The lowest BCUT2D eigenvalue weighted by Crippen LogP contribution is -2.16. The van der Waals surface area contributed by atoms with E-state index in [9.17, 15) is 12.6 Å². The highest BCUT2D eigenvalue weighted by Crippen LogP contribution is 2.36. The van der Waals surface area contributed by atoms with Gasteiger partial charge >= 0.3 is 34.1 Å². The van der Waals surface area contributed by atoms with Crippen molar-refractivity contribution < 1.29 is 38.8 Å². The molecule has 43 heavy (non-hydrogen) atoms. The first-order valence-electron chi connectivity index (χ1n) is 12.8. The Morgan fingerprint density at radius 1 is 0.465 bits per heavy atom. The highest BCUT2D eigenvalue weighted by Gasteiger charge is 2.24. The maximum Gasteiger partial charge on any atom is 0.303 e. The zero-order valence-electron chi connectivity index (χ0n) is 23.1. The number of benzene rings is 3. The molecule has 0 radical (unpaired) electrons. The van der Waals surface area contributed by atoms with Crippen molar-refractivity contribution in [3.05, 3.63) is 106 Å². The van der Waals surface area contributed by atoms with E-state index >= 15 is 0 Å². The summed E-state index contributed by atoms with van der Waals surface area (Å²) in [6.07, 6.45) is 0. The molecule has 0 amide bonds. The van der Waals surface area contributed by atoms with Gasteiger partial charge in [0.05, 0.1) is 0 Å². The number of alkyl halides is 3. The summed E-state index contributed by atoms with van der Waals surface area (Å²) in [5.74, 6) is -1.34. The summed E-state index contributed by atoms with van der Waals surface area (Å²) < 4.78 is 74.6. The van der Waals surface area contributed by atoms with Crippen LogP contribution in [0.3, 0.4) is 0 Å². The predicted molar refractivity (Wildman–Crippen MR) is 170 cm³/mol. The molecule has 0 aliphatic rings. The van der Waals surface area contributed by atoms with E-state index < -0.39 is 50.8 Å². The van der Waals surface area contributed by atoms with Gasteiger partial charge in [0.1, 0.15) is 0 Å². The third kappa shape index (κ3) is 10.4. The molecule has 0 aliphatic carbocycles. The first kappa shape index (κ1) is 36.2. The third-order valence-electron chi connectivity index (χ3n) is 7.09. The molecular formula is C28H31Cl3O9S3. The number of hydrogen-bond acceptors (Lipinski definition) is 6. The van der Waals surface area contributed by atoms with Crippen molar-refractivity contribution >= 4 is 68.9 Å². The Morgan fingerprint density at radius 3 is 0.837 bits per heavy atom. The average Bonchev–Trinajstić information content (AvgIpc) is 2.96. The van der Waals surface area contributed by atoms with Crippen LogP contribution in [-0.2, 0) is 46.6 Å². The Morgan fingerprint density at radius 2 is 0.651 bits per heavy atom. The third-order valence-corrected chi connectivity index (χ3v) is 9.92. The number of hydrogen-bond donors (Lipinski definition) is 3. The maximum atomic E-state index is 11.0. The molecule has 236 valence electrons. The largest absolute Gasteiger partial charge is 0.303 e. The van der Waals surface area contributed by atoms with Gasteiger partial charge in [0.25, 0.3) is 0 Å². The molecule has 9 nitrogen and oxygen atoms in total. The van der Waals surface area contributed by atoms with Crippen LogP contribution >= 0.6 is 34.8 Å². The molecule has 3 N–H and O–H groups in total.